The van der Waals surface area contributed by atoms with Crippen LogP contribution in [-0.2, 0) is 5.54 Å². The van der Waals surface area contributed by atoms with Gasteiger partial charge in [-0.2, -0.15) is 5.10 Å². The Balaban J connectivity index is 1.99. The van der Waals surface area contributed by atoms with E-state index in [0.29, 0.717) is 28.7 Å². The lowest BCUT2D eigenvalue weighted by Gasteiger charge is -2.31. The summed E-state index contributed by atoms with van der Waals surface area (Å²) < 4.78 is 1.85. The maximum atomic E-state index is 13.2. The molecule has 3 rings (SSSR count). The molecule has 140 valence electrons. The van der Waals surface area contributed by atoms with Crippen LogP contribution >= 0.6 is 11.6 Å². The van der Waals surface area contributed by atoms with E-state index in [9.17, 15) is 4.79 Å². The van der Waals surface area contributed by atoms with E-state index in [2.05, 4.69) is 20.8 Å². The smallest absolute Gasteiger partial charge is 0.257 e. The number of carbonyl (C=O) groups is 1. The molecular weight excluding hydrogens is 348 g/mol. The van der Waals surface area contributed by atoms with Crippen LogP contribution < -0.4 is 5.73 Å². The van der Waals surface area contributed by atoms with Crippen molar-refractivity contribution in [2.75, 3.05) is 19.6 Å². The van der Waals surface area contributed by atoms with Gasteiger partial charge in [0.15, 0.2) is 0 Å². The highest BCUT2D eigenvalue weighted by Gasteiger charge is 2.29. The SMILES string of the molecule is CC(C)(C)n1cc(C(=O)N2CCC(CN)CC2)c(-c2ccccc2Cl)n1. The van der Waals surface area contributed by atoms with Crippen molar-refractivity contribution in [3.05, 3.63) is 41.0 Å². The highest BCUT2D eigenvalue weighted by atomic mass is 35.5. The normalized spacial score (nSPS) is 16.1. The predicted octanol–water partition coefficient (Wildman–Crippen LogP) is 3.77. The highest BCUT2D eigenvalue weighted by molar-refractivity contribution is 6.33. The molecule has 1 aliphatic rings. The van der Waals surface area contributed by atoms with Crippen LogP contribution in [0.15, 0.2) is 30.5 Å². The lowest BCUT2D eigenvalue weighted by molar-refractivity contribution is 0.0694. The molecule has 0 saturated carbocycles. The van der Waals surface area contributed by atoms with E-state index in [0.717, 1.165) is 31.5 Å². The Labute approximate surface area is 160 Å². The van der Waals surface area contributed by atoms with E-state index in [1.165, 1.54) is 0 Å². The molecule has 26 heavy (non-hydrogen) atoms. The Kier molecular flexibility index (Phi) is 5.39. The molecule has 2 N–H and O–H groups in total. The van der Waals surface area contributed by atoms with Gasteiger partial charge in [0.1, 0.15) is 5.69 Å². The maximum absolute atomic E-state index is 13.2. The molecule has 0 aliphatic carbocycles. The molecule has 0 atom stereocenters. The molecule has 0 spiro atoms. The summed E-state index contributed by atoms with van der Waals surface area (Å²) in [5.74, 6) is 0.533. The van der Waals surface area contributed by atoms with Gasteiger partial charge in [0, 0.05) is 24.8 Å². The fraction of sp³-hybridized carbons (Fsp3) is 0.500. The second-order valence-corrected chi connectivity index (χ2v) is 8.37. The van der Waals surface area contributed by atoms with Crippen LogP contribution in [0.4, 0.5) is 0 Å². The summed E-state index contributed by atoms with van der Waals surface area (Å²) in [6.07, 6.45) is 3.77. The summed E-state index contributed by atoms with van der Waals surface area (Å²) in [6, 6.07) is 7.53. The van der Waals surface area contributed by atoms with Crippen LogP contribution in [0.3, 0.4) is 0 Å². The standard InChI is InChI=1S/C20H27ClN4O/c1-20(2,3)25-13-16(18(23-25)15-6-4-5-7-17(15)21)19(26)24-10-8-14(12-22)9-11-24/h4-7,13-14H,8-12,22H2,1-3H3. The number of piperidine rings is 1. The molecule has 0 radical (unpaired) electrons. The third-order valence-electron chi connectivity index (χ3n) is 5.00. The van der Waals surface area contributed by atoms with Crippen molar-refractivity contribution < 1.29 is 4.79 Å². The quantitative estimate of drug-likeness (QED) is 0.889. The molecule has 6 heteroatoms. The Morgan fingerprint density at radius 3 is 2.50 bits per heavy atom. The highest BCUT2D eigenvalue weighted by Crippen LogP contribution is 2.32. The zero-order valence-corrected chi connectivity index (χ0v) is 16.5. The number of halogens is 1. The van der Waals surface area contributed by atoms with Gasteiger partial charge in [-0.15, -0.1) is 0 Å². The van der Waals surface area contributed by atoms with Gasteiger partial charge < -0.3 is 10.6 Å². The first kappa shape index (κ1) is 18.9. The summed E-state index contributed by atoms with van der Waals surface area (Å²) in [5, 5.41) is 5.32. The average molecular weight is 375 g/mol. The van der Waals surface area contributed by atoms with Crippen molar-refractivity contribution in [1.82, 2.24) is 14.7 Å². The number of carbonyl (C=O) groups excluding carboxylic acids is 1. The first-order valence-electron chi connectivity index (χ1n) is 9.15. The van der Waals surface area contributed by atoms with Gasteiger partial charge in [-0.05, 0) is 52.1 Å². The first-order valence-corrected chi connectivity index (χ1v) is 9.53. The molecule has 2 heterocycles. The molecular formula is C20H27ClN4O. The summed E-state index contributed by atoms with van der Waals surface area (Å²) in [5.41, 5.74) is 7.60. The van der Waals surface area contributed by atoms with Crippen LogP contribution in [0.2, 0.25) is 5.02 Å². The van der Waals surface area contributed by atoms with Crippen LogP contribution in [-0.4, -0.2) is 40.2 Å². The van der Waals surface area contributed by atoms with Crippen LogP contribution in [0.5, 0.6) is 0 Å². The number of benzene rings is 1. The number of hydrogen-bond acceptors (Lipinski definition) is 3. The van der Waals surface area contributed by atoms with Gasteiger partial charge in [0.05, 0.1) is 16.1 Å². The Hall–Kier alpha value is -1.85. The largest absolute Gasteiger partial charge is 0.339 e. The predicted molar refractivity (Wildman–Crippen MR) is 105 cm³/mol. The van der Waals surface area contributed by atoms with Crippen LogP contribution in [0, 0.1) is 5.92 Å². The number of nitrogens with zero attached hydrogens (tertiary/aromatic N) is 3. The Morgan fingerprint density at radius 1 is 1.27 bits per heavy atom. The molecule has 1 aliphatic heterocycles. The number of hydrogen-bond donors (Lipinski definition) is 1. The minimum atomic E-state index is -0.221. The average Bonchev–Trinajstić information content (AvgIpc) is 3.07. The van der Waals surface area contributed by atoms with Gasteiger partial charge in [-0.25, -0.2) is 0 Å². The first-order chi connectivity index (χ1) is 12.3. The van der Waals surface area contributed by atoms with Gasteiger partial charge in [-0.3, -0.25) is 9.48 Å². The minimum absolute atomic E-state index is 0.0193. The van der Waals surface area contributed by atoms with E-state index in [1.807, 2.05) is 40.0 Å². The fourth-order valence-corrected chi connectivity index (χ4v) is 3.49. The van der Waals surface area contributed by atoms with Crippen LogP contribution in [0.1, 0.15) is 44.0 Å². The number of likely N-dealkylation sites (tertiary alicyclic amines) is 1. The molecule has 1 aromatic carbocycles. The molecule has 1 saturated heterocycles. The van der Waals surface area contributed by atoms with Gasteiger partial charge in [0.2, 0.25) is 0 Å². The minimum Gasteiger partial charge on any atom is -0.339 e. The zero-order valence-electron chi connectivity index (χ0n) is 15.7. The third kappa shape index (κ3) is 3.79. The summed E-state index contributed by atoms with van der Waals surface area (Å²) in [6.45, 7) is 8.37. The van der Waals surface area contributed by atoms with Crippen molar-refractivity contribution in [2.45, 2.75) is 39.2 Å². The van der Waals surface area contributed by atoms with E-state index >= 15 is 0 Å². The van der Waals surface area contributed by atoms with Crippen molar-refractivity contribution in [3.63, 3.8) is 0 Å². The summed E-state index contributed by atoms with van der Waals surface area (Å²) in [4.78, 5) is 15.2. The number of amides is 1. The topological polar surface area (TPSA) is 64.2 Å². The second-order valence-electron chi connectivity index (χ2n) is 7.96. The third-order valence-corrected chi connectivity index (χ3v) is 5.33. The molecule has 0 unspecified atom stereocenters. The van der Waals surface area contributed by atoms with Gasteiger partial charge in [0.25, 0.3) is 5.91 Å². The Morgan fingerprint density at radius 2 is 1.92 bits per heavy atom. The van der Waals surface area contributed by atoms with Crippen molar-refractivity contribution in [2.24, 2.45) is 11.7 Å². The maximum Gasteiger partial charge on any atom is 0.257 e. The van der Waals surface area contributed by atoms with E-state index in [-0.39, 0.29) is 11.4 Å². The molecule has 0 bridgehead atoms. The monoisotopic (exact) mass is 374 g/mol. The molecule has 1 fully saturated rings. The van der Waals surface area contributed by atoms with Crippen molar-refractivity contribution in [3.8, 4) is 11.3 Å². The van der Waals surface area contributed by atoms with Crippen molar-refractivity contribution in [1.29, 1.82) is 0 Å². The summed E-state index contributed by atoms with van der Waals surface area (Å²) in [7, 11) is 0. The van der Waals surface area contributed by atoms with E-state index < -0.39 is 0 Å². The second kappa shape index (κ2) is 7.41. The molecule has 2 aromatic rings. The van der Waals surface area contributed by atoms with Gasteiger partial charge in [-0.1, -0.05) is 29.8 Å². The Bertz CT molecular complexity index is 785. The fourth-order valence-electron chi connectivity index (χ4n) is 3.27. The van der Waals surface area contributed by atoms with Gasteiger partial charge >= 0.3 is 0 Å². The molecule has 1 aromatic heterocycles. The number of aromatic nitrogens is 2. The van der Waals surface area contributed by atoms with Crippen LogP contribution in [0.25, 0.3) is 11.3 Å². The molecule has 1 amide bonds. The zero-order chi connectivity index (χ0) is 18.9. The number of rotatable bonds is 3. The van der Waals surface area contributed by atoms with E-state index in [4.69, 9.17) is 22.4 Å². The van der Waals surface area contributed by atoms with Crippen molar-refractivity contribution >= 4 is 17.5 Å². The number of nitrogens with two attached hydrogens (primary N) is 1. The lowest BCUT2D eigenvalue weighted by atomic mass is 9.96. The molecule has 5 nitrogen and oxygen atoms in total. The lowest BCUT2D eigenvalue weighted by Crippen LogP contribution is -2.40. The summed E-state index contributed by atoms with van der Waals surface area (Å²) >= 11 is 6.39. The van der Waals surface area contributed by atoms with E-state index in [1.54, 1.807) is 0 Å².